The summed E-state index contributed by atoms with van der Waals surface area (Å²) in [5, 5.41) is 12.1. The molecule has 0 amide bonds. The van der Waals surface area contributed by atoms with Crippen LogP contribution in [0.4, 0.5) is 10.1 Å². The third kappa shape index (κ3) is 4.24. The average Bonchev–Trinajstić information content (AvgIpc) is 3.29. The highest BCUT2D eigenvalue weighted by atomic mass is 19.1. The summed E-state index contributed by atoms with van der Waals surface area (Å²) in [7, 11) is 2.18. The van der Waals surface area contributed by atoms with Crippen LogP contribution in [0.5, 0.6) is 5.75 Å². The lowest BCUT2D eigenvalue weighted by molar-refractivity contribution is 0.312. The molecule has 2 aromatic carbocycles. The fourth-order valence-electron chi connectivity index (χ4n) is 5.02. The Morgan fingerprint density at radius 2 is 1.91 bits per heavy atom. The van der Waals surface area contributed by atoms with Gasteiger partial charge in [0.15, 0.2) is 0 Å². The van der Waals surface area contributed by atoms with Crippen molar-refractivity contribution in [2.75, 3.05) is 57.8 Å². The number of likely N-dealkylation sites (N-methyl/N-ethyl adjacent to an activating group) is 1. The Labute approximate surface area is 203 Å². The summed E-state index contributed by atoms with van der Waals surface area (Å²) in [4.78, 5) is 9.39. The standard InChI is InChI=1S/C27H29FN6O/c1-33-10-12-34(13-11-33)24-6-5-19-15-18(24)7-8-29-9-14-35-25-4-2-3-21(28)26(25)22-16-20-23(17-30-22)31-32-27(19)20/h2-6,15-17,29H,7-14H2,1H3,(H,31,32). The maximum absolute atomic E-state index is 14.9. The summed E-state index contributed by atoms with van der Waals surface area (Å²) in [5.41, 5.74) is 6.21. The number of anilines is 1. The van der Waals surface area contributed by atoms with E-state index in [2.05, 4.69) is 55.5 Å². The third-order valence-corrected chi connectivity index (χ3v) is 6.98. The van der Waals surface area contributed by atoms with Gasteiger partial charge in [0, 0.05) is 49.4 Å². The number of ether oxygens (including phenoxy) is 1. The Morgan fingerprint density at radius 1 is 1.03 bits per heavy atom. The minimum absolute atomic E-state index is 0.351. The highest BCUT2D eigenvalue weighted by molar-refractivity contribution is 5.95. The van der Waals surface area contributed by atoms with E-state index in [1.165, 1.54) is 17.3 Å². The van der Waals surface area contributed by atoms with Crippen LogP contribution >= 0.6 is 0 Å². The highest BCUT2D eigenvalue weighted by Crippen LogP contribution is 2.36. The van der Waals surface area contributed by atoms with Crippen molar-refractivity contribution in [3.8, 4) is 28.3 Å². The number of aromatic amines is 1. The molecule has 1 saturated heterocycles. The van der Waals surface area contributed by atoms with E-state index in [0.717, 1.165) is 61.3 Å². The first kappa shape index (κ1) is 22.0. The molecule has 7 nitrogen and oxygen atoms in total. The Kier molecular flexibility index (Phi) is 5.83. The molecule has 0 spiro atoms. The second kappa shape index (κ2) is 9.28. The lowest BCUT2D eigenvalue weighted by atomic mass is 10.00. The van der Waals surface area contributed by atoms with E-state index in [4.69, 9.17) is 4.74 Å². The van der Waals surface area contributed by atoms with Gasteiger partial charge in [-0.3, -0.25) is 10.1 Å². The van der Waals surface area contributed by atoms with Crippen LogP contribution in [-0.2, 0) is 6.42 Å². The topological polar surface area (TPSA) is 69.3 Å². The summed E-state index contributed by atoms with van der Waals surface area (Å²) in [6.45, 7) is 6.12. The number of hydrogen-bond acceptors (Lipinski definition) is 6. The van der Waals surface area contributed by atoms with Crippen molar-refractivity contribution in [1.82, 2.24) is 25.4 Å². The zero-order valence-electron chi connectivity index (χ0n) is 19.9. The van der Waals surface area contributed by atoms with Gasteiger partial charge in [0.25, 0.3) is 0 Å². The first-order valence-electron chi connectivity index (χ1n) is 12.2. The molecule has 2 N–H and O–H groups in total. The Morgan fingerprint density at radius 3 is 2.80 bits per heavy atom. The zero-order valence-corrected chi connectivity index (χ0v) is 19.9. The minimum atomic E-state index is -0.351. The van der Waals surface area contributed by atoms with E-state index in [9.17, 15) is 4.39 Å². The number of nitrogens with zero attached hydrogens (tertiary/aromatic N) is 4. The van der Waals surface area contributed by atoms with Crippen LogP contribution in [0.2, 0.25) is 0 Å². The van der Waals surface area contributed by atoms with E-state index in [1.54, 1.807) is 18.3 Å². The first-order chi connectivity index (χ1) is 17.2. The maximum Gasteiger partial charge on any atom is 0.136 e. The maximum atomic E-state index is 14.9. The molecule has 4 heterocycles. The number of benzene rings is 2. The number of fused-ring (bicyclic) bond motifs is 6. The molecule has 8 heteroatoms. The number of piperazine rings is 1. The van der Waals surface area contributed by atoms with Crippen molar-refractivity contribution in [3.05, 3.63) is 60.0 Å². The third-order valence-electron chi connectivity index (χ3n) is 6.98. The van der Waals surface area contributed by atoms with Crippen molar-refractivity contribution in [2.24, 2.45) is 0 Å². The number of hydrogen-bond donors (Lipinski definition) is 2. The molecular formula is C27H29FN6O. The van der Waals surface area contributed by atoms with Crippen molar-refractivity contribution in [2.45, 2.75) is 6.42 Å². The van der Waals surface area contributed by atoms with Gasteiger partial charge >= 0.3 is 0 Å². The van der Waals surface area contributed by atoms with Gasteiger partial charge in [-0.25, -0.2) is 4.39 Å². The summed E-state index contributed by atoms with van der Waals surface area (Å²) in [6, 6.07) is 13.5. The molecular weight excluding hydrogens is 443 g/mol. The van der Waals surface area contributed by atoms with Crippen molar-refractivity contribution >= 4 is 16.6 Å². The zero-order chi connectivity index (χ0) is 23.8. The van der Waals surface area contributed by atoms with Crippen molar-refractivity contribution in [1.29, 1.82) is 0 Å². The minimum Gasteiger partial charge on any atom is -0.491 e. The molecule has 4 aromatic rings. The van der Waals surface area contributed by atoms with Gasteiger partial charge < -0.3 is 19.9 Å². The van der Waals surface area contributed by atoms with Gasteiger partial charge in [-0.15, -0.1) is 0 Å². The van der Waals surface area contributed by atoms with Gasteiger partial charge in [0.2, 0.25) is 0 Å². The molecule has 0 unspecified atom stereocenters. The number of halogens is 1. The normalized spacial score (nSPS) is 17.0. The fourth-order valence-corrected chi connectivity index (χ4v) is 5.02. The molecule has 1 fully saturated rings. The van der Waals surface area contributed by atoms with E-state index in [1.807, 2.05) is 6.07 Å². The SMILES string of the molecule is CN1CCN(c2ccc3cc2CCNCCOc2cccc(F)c2-c2cc4c-3n[nH]c4cn2)CC1. The average molecular weight is 473 g/mol. The van der Waals surface area contributed by atoms with Crippen LogP contribution in [0.1, 0.15) is 5.56 Å². The van der Waals surface area contributed by atoms with Crippen LogP contribution in [0, 0.1) is 5.82 Å². The van der Waals surface area contributed by atoms with Crippen LogP contribution in [0.25, 0.3) is 33.4 Å². The molecule has 2 aliphatic heterocycles. The number of pyridine rings is 1. The van der Waals surface area contributed by atoms with Gasteiger partial charge in [0.1, 0.15) is 23.9 Å². The van der Waals surface area contributed by atoms with E-state index >= 15 is 0 Å². The number of rotatable bonds is 1. The van der Waals surface area contributed by atoms with Gasteiger partial charge in [-0.2, -0.15) is 5.10 Å². The Hall–Kier alpha value is -3.49. The van der Waals surface area contributed by atoms with E-state index in [0.29, 0.717) is 30.2 Å². The van der Waals surface area contributed by atoms with Crippen LogP contribution in [0.15, 0.2) is 48.7 Å². The van der Waals surface area contributed by atoms with Crippen molar-refractivity contribution in [3.63, 3.8) is 0 Å². The second-order valence-electron chi connectivity index (χ2n) is 9.28. The van der Waals surface area contributed by atoms with Gasteiger partial charge in [-0.05, 0) is 55.9 Å². The van der Waals surface area contributed by atoms with Crippen LogP contribution in [-0.4, -0.2) is 73.0 Å². The quantitative estimate of drug-likeness (QED) is 0.440. The van der Waals surface area contributed by atoms with Gasteiger partial charge in [-0.1, -0.05) is 12.1 Å². The summed E-state index contributed by atoms with van der Waals surface area (Å²) < 4.78 is 20.9. The molecule has 6 rings (SSSR count). The molecule has 2 aliphatic rings. The highest BCUT2D eigenvalue weighted by Gasteiger charge is 2.20. The molecule has 0 saturated carbocycles. The second-order valence-corrected chi connectivity index (χ2v) is 9.28. The molecule has 0 aliphatic carbocycles. The van der Waals surface area contributed by atoms with E-state index in [-0.39, 0.29) is 5.82 Å². The molecule has 35 heavy (non-hydrogen) atoms. The lowest BCUT2D eigenvalue weighted by Gasteiger charge is -2.35. The number of H-pyrrole nitrogens is 1. The predicted molar refractivity (Wildman–Crippen MR) is 136 cm³/mol. The molecule has 2 aromatic heterocycles. The lowest BCUT2D eigenvalue weighted by Crippen LogP contribution is -2.44. The van der Waals surface area contributed by atoms with Crippen molar-refractivity contribution < 1.29 is 9.13 Å². The Balaban J connectivity index is 1.47. The predicted octanol–water partition coefficient (Wildman–Crippen LogP) is 3.71. The molecule has 0 atom stereocenters. The Bertz CT molecular complexity index is 1360. The smallest absolute Gasteiger partial charge is 0.136 e. The summed E-state index contributed by atoms with van der Waals surface area (Å²) in [5.74, 6) is 0.145. The first-order valence-corrected chi connectivity index (χ1v) is 12.2. The number of aromatic nitrogens is 3. The molecule has 4 bridgehead atoms. The van der Waals surface area contributed by atoms with Gasteiger partial charge in [0.05, 0.1) is 23.0 Å². The summed E-state index contributed by atoms with van der Waals surface area (Å²) in [6.07, 6.45) is 2.62. The van der Waals surface area contributed by atoms with Crippen LogP contribution < -0.4 is 15.0 Å². The van der Waals surface area contributed by atoms with Crippen LogP contribution in [0.3, 0.4) is 0 Å². The molecule has 0 radical (unpaired) electrons. The van der Waals surface area contributed by atoms with E-state index < -0.39 is 0 Å². The fraction of sp³-hybridized carbons (Fsp3) is 0.333. The number of nitrogens with one attached hydrogen (secondary N) is 2. The summed E-state index contributed by atoms with van der Waals surface area (Å²) >= 11 is 0. The largest absolute Gasteiger partial charge is 0.491 e. The monoisotopic (exact) mass is 472 g/mol. The molecule has 180 valence electrons.